The highest BCUT2D eigenvalue weighted by molar-refractivity contribution is 4.94. The van der Waals surface area contributed by atoms with Crippen molar-refractivity contribution in [2.75, 3.05) is 6.61 Å². The number of hydrogen-bond acceptors (Lipinski definition) is 4. The molecular formula is C18H36N3O2+. The number of hydrogen-bond donors (Lipinski definition) is 3. The molecule has 0 aromatic heterocycles. The number of aliphatic hydroxyl groups excluding tert-OH is 2. The first-order chi connectivity index (χ1) is 11.3. The lowest BCUT2D eigenvalue weighted by molar-refractivity contribution is 0.140. The summed E-state index contributed by atoms with van der Waals surface area (Å²) in [7, 11) is 0. The Bertz CT molecular complexity index is 328. The predicted octanol–water partition coefficient (Wildman–Crippen LogP) is 4.52. The van der Waals surface area contributed by atoms with Gasteiger partial charge in [-0.2, -0.15) is 0 Å². The lowest BCUT2D eigenvalue weighted by Crippen LogP contribution is -2.25. The zero-order valence-corrected chi connectivity index (χ0v) is 14.8. The normalized spacial score (nSPS) is 13.9. The van der Waals surface area contributed by atoms with Gasteiger partial charge >= 0.3 is 0 Å². The van der Waals surface area contributed by atoms with E-state index in [9.17, 15) is 5.11 Å². The fourth-order valence-corrected chi connectivity index (χ4v) is 2.58. The van der Waals surface area contributed by atoms with Crippen LogP contribution in [0.2, 0.25) is 0 Å². The van der Waals surface area contributed by atoms with Gasteiger partial charge in [0.1, 0.15) is 16.7 Å². The number of nitrogens with one attached hydrogen (secondary N) is 1. The molecule has 0 aliphatic heterocycles. The van der Waals surface area contributed by atoms with Gasteiger partial charge in [-0.25, -0.2) is 0 Å². The van der Waals surface area contributed by atoms with Crippen LogP contribution >= 0.6 is 0 Å². The Labute approximate surface area is 141 Å². The van der Waals surface area contributed by atoms with Crippen LogP contribution in [0.4, 0.5) is 0 Å². The maximum absolute atomic E-state index is 9.73. The Morgan fingerprint density at radius 2 is 1.48 bits per heavy atom. The van der Waals surface area contributed by atoms with Crippen molar-refractivity contribution < 1.29 is 10.2 Å². The van der Waals surface area contributed by atoms with Crippen molar-refractivity contribution in [3.8, 4) is 0 Å². The number of allylic oxidation sites excluding steroid dienone is 1. The lowest BCUT2D eigenvalue weighted by atomic mass is 10.0. The van der Waals surface area contributed by atoms with Gasteiger partial charge in [0.25, 0.3) is 0 Å². The van der Waals surface area contributed by atoms with Gasteiger partial charge < -0.3 is 10.2 Å². The minimum Gasteiger partial charge on any atom is -0.394 e. The van der Waals surface area contributed by atoms with Crippen LogP contribution in [-0.2, 0) is 0 Å². The zero-order valence-electron chi connectivity index (χ0n) is 14.8. The van der Waals surface area contributed by atoms with Gasteiger partial charge in [-0.1, -0.05) is 83.3 Å². The van der Waals surface area contributed by atoms with E-state index in [1.54, 1.807) is 6.08 Å². The summed E-state index contributed by atoms with van der Waals surface area (Å²) in [6, 6.07) is -0.721. The molecule has 0 bridgehead atoms. The first-order valence-corrected chi connectivity index (χ1v) is 9.28. The van der Waals surface area contributed by atoms with Crippen LogP contribution in [0.5, 0.6) is 0 Å². The third-order valence-electron chi connectivity index (χ3n) is 4.09. The van der Waals surface area contributed by atoms with Gasteiger partial charge in [-0.15, -0.1) is 0 Å². The summed E-state index contributed by atoms with van der Waals surface area (Å²) >= 11 is 0. The van der Waals surface area contributed by atoms with Crippen LogP contribution in [0, 0.1) is 5.53 Å². The second kappa shape index (κ2) is 17.3. The summed E-state index contributed by atoms with van der Waals surface area (Å²) in [6.07, 6.45) is 18.3. The van der Waals surface area contributed by atoms with Crippen molar-refractivity contribution in [1.29, 1.82) is 5.53 Å². The fourth-order valence-electron chi connectivity index (χ4n) is 2.58. The Morgan fingerprint density at radius 3 is 1.96 bits per heavy atom. The molecule has 23 heavy (non-hydrogen) atoms. The first-order valence-electron chi connectivity index (χ1n) is 9.28. The molecule has 0 saturated heterocycles. The Kier molecular flexibility index (Phi) is 16.5. The standard InChI is InChI=1S/C18H36N3O2/c1-2-3-4-5-6-7-8-9-10-11-12-13-14-15-18(23)17(16-22)20-21-19/h14-15,17-19,22-23H,2-13,16H2,1H3/q+1/b15-14+. The van der Waals surface area contributed by atoms with Crippen molar-refractivity contribution >= 4 is 0 Å². The molecule has 0 aromatic rings. The van der Waals surface area contributed by atoms with Crippen LogP contribution in [0.3, 0.4) is 0 Å². The summed E-state index contributed by atoms with van der Waals surface area (Å²) in [6.45, 7) is 1.95. The van der Waals surface area contributed by atoms with E-state index in [4.69, 9.17) is 10.6 Å². The molecule has 2 atom stereocenters. The monoisotopic (exact) mass is 326 g/mol. The average Bonchev–Trinajstić information content (AvgIpc) is 2.56. The lowest BCUT2D eigenvalue weighted by Gasteiger charge is -2.06. The molecule has 0 aliphatic carbocycles. The van der Waals surface area contributed by atoms with Gasteiger partial charge in [-0.3, -0.25) is 0 Å². The Balaban J connectivity index is 3.41. The molecule has 0 spiro atoms. The van der Waals surface area contributed by atoms with E-state index >= 15 is 0 Å². The number of aliphatic hydroxyl groups is 2. The molecule has 3 N–H and O–H groups in total. The third-order valence-corrected chi connectivity index (χ3v) is 4.09. The quantitative estimate of drug-likeness (QED) is 0.168. The maximum atomic E-state index is 9.73. The largest absolute Gasteiger partial charge is 0.394 e. The highest BCUT2D eigenvalue weighted by Gasteiger charge is 2.19. The van der Waals surface area contributed by atoms with E-state index in [-0.39, 0.29) is 6.61 Å². The van der Waals surface area contributed by atoms with Crippen LogP contribution in [-0.4, -0.2) is 29.0 Å². The van der Waals surface area contributed by atoms with Crippen molar-refractivity contribution in [3.63, 3.8) is 0 Å². The van der Waals surface area contributed by atoms with Crippen LogP contribution in [0.1, 0.15) is 84.0 Å². The summed E-state index contributed by atoms with van der Waals surface area (Å²) < 4.78 is 0. The molecule has 5 nitrogen and oxygen atoms in total. The highest BCUT2D eigenvalue weighted by Crippen LogP contribution is 2.12. The molecule has 0 fully saturated rings. The van der Waals surface area contributed by atoms with Crippen LogP contribution in [0.25, 0.3) is 0 Å². The van der Waals surface area contributed by atoms with Gasteiger partial charge in [-0.05, 0) is 12.8 Å². The molecule has 0 heterocycles. The first kappa shape index (κ1) is 22.0. The van der Waals surface area contributed by atoms with E-state index in [0.29, 0.717) is 0 Å². The van der Waals surface area contributed by atoms with Gasteiger partial charge in [0.2, 0.25) is 4.91 Å². The predicted molar refractivity (Wildman–Crippen MR) is 94.4 cm³/mol. The van der Waals surface area contributed by atoms with E-state index < -0.39 is 12.1 Å². The second-order valence-electron chi connectivity index (χ2n) is 6.21. The molecule has 2 unspecified atom stereocenters. The molecule has 0 rings (SSSR count). The molecule has 5 heteroatoms. The van der Waals surface area contributed by atoms with E-state index in [1.165, 1.54) is 64.2 Å². The molecule has 0 aromatic carbocycles. The zero-order chi connectivity index (χ0) is 17.2. The maximum Gasteiger partial charge on any atom is 0.214 e. The number of rotatable bonds is 16. The van der Waals surface area contributed by atoms with Crippen LogP contribution < -0.4 is 4.91 Å². The molecule has 0 saturated carbocycles. The summed E-state index contributed by atoms with van der Waals surface area (Å²) in [5, 5.41) is 22.2. The highest BCUT2D eigenvalue weighted by atomic mass is 16.3. The van der Waals surface area contributed by atoms with Crippen LogP contribution in [0.15, 0.2) is 17.3 Å². The fraction of sp³-hybridized carbons (Fsp3) is 0.889. The van der Waals surface area contributed by atoms with E-state index in [0.717, 1.165) is 12.8 Å². The van der Waals surface area contributed by atoms with Gasteiger partial charge in [0.05, 0.1) is 6.61 Å². The minimum absolute atomic E-state index is 0.299. The second-order valence-corrected chi connectivity index (χ2v) is 6.21. The summed E-state index contributed by atoms with van der Waals surface area (Å²) in [5.74, 6) is 0. The summed E-state index contributed by atoms with van der Waals surface area (Å²) in [5.41, 5.74) is 6.62. The van der Waals surface area contributed by atoms with Crippen molar-refractivity contribution in [2.24, 2.45) is 5.11 Å². The Morgan fingerprint density at radius 1 is 0.957 bits per heavy atom. The number of nitrogens with zero attached hydrogens (tertiary/aromatic N) is 2. The van der Waals surface area contributed by atoms with Crippen molar-refractivity contribution in [3.05, 3.63) is 12.2 Å². The molecule has 0 aliphatic rings. The molecule has 0 radical (unpaired) electrons. The minimum atomic E-state index is -0.859. The van der Waals surface area contributed by atoms with E-state index in [2.05, 4.69) is 16.9 Å². The third kappa shape index (κ3) is 14.3. The average molecular weight is 327 g/mol. The Hall–Kier alpha value is -1.03. The number of unbranched alkanes of at least 4 members (excludes halogenated alkanes) is 11. The van der Waals surface area contributed by atoms with Crippen molar-refractivity contribution in [1.82, 2.24) is 4.91 Å². The molecular weight excluding hydrogens is 290 g/mol. The molecule has 0 amide bonds. The molecule has 134 valence electrons. The van der Waals surface area contributed by atoms with Gasteiger partial charge in [0, 0.05) is 0 Å². The summed E-state index contributed by atoms with van der Waals surface area (Å²) in [4.78, 5) is 2.86. The van der Waals surface area contributed by atoms with Crippen molar-refractivity contribution in [2.45, 2.75) is 96.1 Å². The SMILES string of the molecule is CCCCCCCCCCCCC/C=C/C(O)C(CO)N=[N+]=N. The van der Waals surface area contributed by atoms with E-state index in [1.807, 2.05) is 6.08 Å². The topological polar surface area (TPSA) is 90.8 Å². The smallest absolute Gasteiger partial charge is 0.214 e. The van der Waals surface area contributed by atoms with Gasteiger partial charge in [0.15, 0.2) is 6.04 Å².